The quantitative estimate of drug-likeness (QED) is 0.610. The zero-order valence-corrected chi connectivity index (χ0v) is 16.4. The van der Waals surface area contributed by atoms with Crippen molar-refractivity contribution >= 4 is 28.2 Å². The number of hydrogen-bond donors (Lipinski definition) is 1. The maximum Gasteiger partial charge on any atom is 0.341 e. The van der Waals surface area contributed by atoms with E-state index in [1.165, 1.54) is 24.0 Å². The molecule has 0 aliphatic rings. The van der Waals surface area contributed by atoms with Gasteiger partial charge in [0, 0.05) is 16.5 Å². The van der Waals surface area contributed by atoms with Gasteiger partial charge in [-0.25, -0.2) is 4.79 Å². The maximum atomic E-state index is 12.6. The number of amides is 1. The van der Waals surface area contributed by atoms with Crippen molar-refractivity contribution in [2.45, 2.75) is 20.3 Å². The van der Waals surface area contributed by atoms with Gasteiger partial charge in [-0.3, -0.25) is 4.79 Å². The Balaban J connectivity index is 1.95. The predicted octanol–water partition coefficient (Wildman–Crippen LogP) is 5.32. The van der Waals surface area contributed by atoms with Crippen LogP contribution in [0.2, 0.25) is 0 Å². The molecule has 2 aromatic carbocycles. The Hall–Kier alpha value is -2.92. The molecule has 1 aromatic heterocycles. The van der Waals surface area contributed by atoms with Crippen LogP contribution in [0.3, 0.4) is 0 Å². The van der Waals surface area contributed by atoms with E-state index in [9.17, 15) is 9.59 Å². The Morgan fingerprint density at radius 2 is 1.70 bits per heavy atom. The van der Waals surface area contributed by atoms with Crippen LogP contribution in [0.5, 0.6) is 0 Å². The molecule has 0 saturated heterocycles. The second kappa shape index (κ2) is 8.18. The summed E-state index contributed by atoms with van der Waals surface area (Å²) in [5.74, 6) is -0.722. The van der Waals surface area contributed by atoms with E-state index in [0.717, 1.165) is 23.1 Å². The molecule has 0 saturated carbocycles. The highest BCUT2D eigenvalue weighted by Crippen LogP contribution is 2.36. The number of aryl methyl sites for hydroxylation is 2. The highest BCUT2D eigenvalue weighted by Gasteiger charge is 2.22. The van der Waals surface area contributed by atoms with Crippen molar-refractivity contribution in [3.8, 4) is 11.1 Å². The number of anilines is 1. The highest BCUT2D eigenvalue weighted by atomic mass is 32.1. The van der Waals surface area contributed by atoms with Crippen molar-refractivity contribution in [3.63, 3.8) is 0 Å². The second-order valence-corrected chi connectivity index (χ2v) is 7.10. The van der Waals surface area contributed by atoms with Gasteiger partial charge in [0.05, 0.1) is 7.11 Å². The first-order valence-corrected chi connectivity index (χ1v) is 9.58. The first-order chi connectivity index (χ1) is 13.0. The first kappa shape index (κ1) is 18.9. The van der Waals surface area contributed by atoms with Gasteiger partial charge in [-0.1, -0.05) is 48.9 Å². The highest BCUT2D eigenvalue weighted by molar-refractivity contribution is 7.15. The zero-order valence-electron chi connectivity index (χ0n) is 15.5. The molecule has 5 heteroatoms. The maximum absolute atomic E-state index is 12.6. The van der Waals surface area contributed by atoms with Gasteiger partial charge in [-0.2, -0.15) is 0 Å². The summed E-state index contributed by atoms with van der Waals surface area (Å²) in [5, 5.41) is 5.21. The van der Waals surface area contributed by atoms with Crippen molar-refractivity contribution in [1.29, 1.82) is 0 Å². The van der Waals surface area contributed by atoms with Crippen molar-refractivity contribution in [1.82, 2.24) is 0 Å². The van der Waals surface area contributed by atoms with Crippen molar-refractivity contribution in [2.24, 2.45) is 0 Å². The summed E-state index contributed by atoms with van der Waals surface area (Å²) in [6, 6.07) is 15.3. The van der Waals surface area contributed by atoms with E-state index in [-0.39, 0.29) is 5.91 Å². The minimum absolute atomic E-state index is 0.255. The topological polar surface area (TPSA) is 55.4 Å². The molecule has 4 nitrogen and oxygen atoms in total. The third-order valence-electron chi connectivity index (χ3n) is 4.39. The van der Waals surface area contributed by atoms with Crippen molar-refractivity contribution < 1.29 is 14.3 Å². The lowest BCUT2D eigenvalue weighted by Gasteiger charge is -2.08. The summed E-state index contributed by atoms with van der Waals surface area (Å²) in [4.78, 5) is 25.0. The summed E-state index contributed by atoms with van der Waals surface area (Å²) in [6.07, 6.45) is 0.950. The van der Waals surface area contributed by atoms with Crippen LogP contribution in [0, 0.1) is 6.92 Å². The number of benzene rings is 2. The zero-order chi connectivity index (χ0) is 19.4. The molecule has 0 fully saturated rings. The fraction of sp³-hybridized carbons (Fsp3) is 0.182. The SMILES string of the molecule is CCc1ccc(-c2csc(NC(=O)c3ccc(C)cc3)c2C(=O)OC)cc1. The molecule has 0 radical (unpaired) electrons. The third-order valence-corrected chi connectivity index (χ3v) is 5.29. The van der Waals surface area contributed by atoms with Crippen LogP contribution in [0.15, 0.2) is 53.9 Å². The monoisotopic (exact) mass is 379 g/mol. The Labute approximate surface area is 162 Å². The standard InChI is InChI=1S/C22H21NO3S/c1-4-15-7-11-16(12-8-15)18-13-27-21(19(18)22(25)26-3)23-20(24)17-9-5-14(2)6-10-17/h5-13H,4H2,1-3H3,(H,23,24). The molecule has 1 amide bonds. The molecular formula is C22H21NO3S. The normalized spacial score (nSPS) is 10.5. The molecule has 0 unspecified atom stereocenters. The average molecular weight is 379 g/mol. The fourth-order valence-corrected chi connectivity index (χ4v) is 3.72. The van der Waals surface area contributed by atoms with E-state index >= 15 is 0 Å². The van der Waals surface area contributed by atoms with Gasteiger partial charge >= 0.3 is 5.97 Å². The van der Waals surface area contributed by atoms with Crippen LogP contribution >= 0.6 is 11.3 Å². The lowest BCUT2D eigenvalue weighted by atomic mass is 10.0. The summed E-state index contributed by atoms with van der Waals surface area (Å²) >= 11 is 1.32. The third kappa shape index (κ3) is 4.09. The molecule has 3 aromatic rings. The number of carbonyl (C=O) groups is 2. The number of hydrogen-bond acceptors (Lipinski definition) is 4. The van der Waals surface area contributed by atoms with Gasteiger partial charge in [0.1, 0.15) is 10.6 Å². The molecule has 0 spiro atoms. The molecule has 0 bridgehead atoms. The van der Waals surface area contributed by atoms with E-state index in [4.69, 9.17) is 4.74 Å². The van der Waals surface area contributed by atoms with Crippen LogP contribution in [-0.2, 0) is 11.2 Å². The summed E-state index contributed by atoms with van der Waals surface area (Å²) in [5.41, 5.74) is 4.90. The van der Waals surface area contributed by atoms with Crippen molar-refractivity contribution in [3.05, 3.63) is 76.2 Å². The molecular weight excluding hydrogens is 358 g/mol. The molecule has 0 aliphatic carbocycles. The van der Waals surface area contributed by atoms with E-state index in [1.807, 2.05) is 48.7 Å². The van der Waals surface area contributed by atoms with E-state index in [1.54, 1.807) is 12.1 Å². The lowest BCUT2D eigenvalue weighted by Crippen LogP contribution is -2.14. The number of methoxy groups -OCH3 is 1. The number of nitrogens with one attached hydrogen (secondary N) is 1. The summed E-state index contributed by atoms with van der Waals surface area (Å²) in [6.45, 7) is 4.06. The van der Waals surface area contributed by atoms with Crippen LogP contribution in [0.4, 0.5) is 5.00 Å². The molecule has 138 valence electrons. The van der Waals surface area contributed by atoms with Crippen LogP contribution in [0.1, 0.15) is 38.8 Å². The van der Waals surface area contributed by atoms with Crippen LogP contribution in [-0.4, -0.2) is 19.0 Å². The fourth-order valence-electron chi connectivity index (χ4n) is 2.77. The average Bonchev–Trinajstić information content (AvgIpc) is 3.11. The molecule has 0 atom stereocenters. The van der Waals surface area contributed by atoms with Crippen LogP contribution in [0.25, 0.3) is 11.1 Å². The molecule has 1 heterocycles. The number of rotatable bonds is 5. The predicted molar refractivity (Wildman–Crippen MR) is 110 cm³/mol. The Morgan fingerprint density at radius 1 is 1.04 bits per heavy atom. The summed E-state index contributed by atoms with van der Waals surface area (Å²) < 4.78 is 4.96. The van der Waals surface area contributed by atoms with Gasteiger partial charge in [0.2, 0.25) is 0 Å². The molecule has 0 aliphatic heterocycles. The number of esters is 1. The number of ether oxygens (including phenoxy) is 1. The van der Waals surface area contributed by atoms with Gasteiger partial charge in [-0.15, -0.1) is 11.3 Å². The second-order valence-electron chi connectivity index (χ2n) is 6.22. The number of thiophene rings is 1. The minimum Gasteiger partial charge on any atom is -0.465 e. The smallest absolute Gasteiger partial charge is 0.341 e. The number of carbonyl (C=O) groups excluding carboxylic acids is 2. The van der Waals surface area contributed by atoms with Gasteiger partial charge in [0.15, 0.2) is 0 Å². The van der Waals surface area contributed by atoms with Gasteiger partial charge in [0.25, 0.3) is 5.91 Å². The molecule has 3 rings (SSSR count). The van der Waals surface area contributed by atoms with E-state index in [2.05, 4.69) is 12.2 Å². The molecule has 27 heavy (non-hydrogen) atoms. The lowest BCUT2D eigenvalue weighted by molar-refractivity contribution is 0.0603. The first-order valence-electron chi connectivity index (χ1n) is 8.70. The van der Waals surface area contributed by atoms with Crippen molar-refractivity contribution in [2.75, 3.05) is 12.4 Å². The van der Waals surface area contributed by atoms with E-state index in [0.29, 0.717) is 16.1 Å². The largest absolute Gasteiger partial charge is 0.465 e. The molecule has 1 N–H and O–H groups in total. The van der Waals surface area contributed by atoms with Gasteiger partial charge in [-0.05, 0) is 36.6 Å². The Bertz CT molecular complexity index is 956. The minimum atomic E-state index is -0.468. The summed E-state index contributed by atoms with van der Waals surface area (Å²) in [7, 11) is 1.34. The van der Waals surface area contributed by atoms with E-state index < -0.39 is 5.97 Å². The Morgan fingerprint density at radius 3 is 2.30 bits per heavy atom. The Kier molecular flexibility index (Phi) is 5.72. The van der Waals surface area contributed by atoms with Gasteiger partial charge < -0.3 is 10.1 Å². The van der Waals surface area contributed by atoms with Crippen LogP contribution < -0.4 is 5.32 Å².